The van der Waals surface area contributed by atoms with E-state index in [-0.39, 0.29) is 25.0 Å². The molecule has 19 heavy (non-hydrogen) atoms. The molecule has 1 aromatic carbocycles. The Morgan fingerprint density at radius 2 is 2.21 bits per heavy atom. The van der Waals surface area contributed by atoms with Crippen LogP contribution < -0.4 is 9.64 Å². The van der Waals surface area contributed by atoms with Gasteiger partial charge < -0.3 is 14.7 Å². The molecule has 0 radical (unpaired) electrons. The van der Waals surface area contributed by atoms with Crippen molar-refractivity contribution in [1.29, 1.82) is 0 Å². The first-order valence-electron chi connectivity index (χ1n) is 6.18. The van der Waals surface area contributed by atoms with E-state index >= 15 is 0 Å². The van der Waals surface area contributed by atoms with Gasteiger partial charge in [0, 0.05) is 13.1 Å². The molecule has 1 atom stereocenters. The molecule has 0 aromatic heterocycles. The minimum absolute atomic E-state index is 0.0313. The standard InChI is InChI=1S/C13H14N2O4/c16-12(17)5-6-14-7-9-8-19-11-4-2-1-3-10(11)15(9)13(14)18/h1-4,9H,5-8H2,(H,16,17). The second-order valence-electron chi connectivity index (χ2n) is 4.67. The molecule has 2 heterocycles. The maximum Gasteiger partial charge on any atom is 0.325 e. The van der Waals surface area contributed by atoms with E-state index in [1.54, 1.807) is 9.80 Å². The molecule has 1 aromatic rings. The molecule has 1 saturated heterocycles. The quantitative estimate of drug-likeness (QED) is 0.887. The summed E-state index contributed by atoms with van der Waals surface area (Å²) in [5.74, 6) is -0.193. The van der Waals surface area contributed by atoms with Crippen LogP contribution in [-0.2, 0) is 4.79 Å². The highest BCUT2D eigenvalue weighted by Gasteiger charge is 2.42. The van der Waals surface area contributed by atoms with Gasteiger partial charge in [-0.05, 0) is 12.1 Å². The molecule has 1 N–H and O–H groups in total. The van der Waals surface area contributed by atoms with Crippen LogP contribution in [0, 0.1) is 0 Å². The minimum Gasteiger partial charge on any atom is -0.489 e. The van der Waals surface area contributed by atoms with Crippen molar-refractivity contribution in [2.75, 3.05) is 24.6 Å². The molecule has 100 valence electrons. The molecule has 3 rings (SSSR count). The molecule has 6 heteroatoms. The topological polar surface area (TPSA) is 70.1 Å². The summed E-state index contributed by atoms with van der Waals surface area (Å²) in [5, 5.41) is 8.70. The van der Waals surface area contributed by atoms with Gasteiger partial charge in [-0.3, -0.25) is 9.69 Å². The Hall–Kier alpha value is -2.24. The van der Waals surface area contributed by atoms with Crippen LogP contribution in [0.1, 0.15) is 6.42 Å². The number of amides is 2. The third kappa shape index (κ3) is 1.99. The number of urea groups is 1. The summed E-state index contributed by atoms with van der Waals surface area (Å²) in [7, 11) is 0. The highest BCUT2D eigenvalue weighted by atomic mass is 16.5. The van der Waals surface area contributed by atoms with Gasteiger partial charge in [0.05, 0.1) is 18.2 Å². The van der Waals surface area contributed by atoms with Gasteiger partial charge in [-0.2, -0.15) is 0 Å². The first-order valence-corrected chi connectivity index (χ1v) is 6.18. The fraction of sp³-hybridized carbons (Fsp3) is 0.385. The molecule has 0 bridgehead atoms. The van der Waals surface area contributed by atoms with E-state index in [0.717, 1.165) is 5.69 Å². The lowest BCUT2D eigenvalue weighted by atomic mass is 10.2. The van der Waals surface area contributed by atoms with Crippen LogP contribution in [0.15, 0.2) is 24.3 Å². The van der Waals surface area contributed by atoms with Gasteiger partial charge in [-0.1, -0.05) is 12.1 Å². The number of aliphatic carboxylic acids is 1. The Balaban J connectivity index is 1.82. The van der Waals surface area contributed by atoms with Gasteiger partial charge in [0.1, 0.15) is 12.4 Å². The predicted octanol–water partition coefficient (Wildman–Crippen LogP) is 1.16. The fourth-order valence-electron chi connectivity index (χ4n) is 2.53. The summed E-state index contributed by atoms with van der Waals surface area (Å²) in [6, 6.07) is 7.23. The highest BCUT2D eigenvalue weighted by Crippen LogP contribution is 2.36. The van der Waals surface area contributed by atoms with E-state index < -0.39 is 5.97 Å². The van der Waals surface area contributed by atoms with Crippen molar-refractivity contribution in [3.63, 3.8) is 0 Å². The normalized spacial score (nSPS) is 20.8. The van der Waals surface area contributed by atoms with Crippen molar-refractivity contribution >= 4 is 17.7 Å². The average molecular weight is 262 g/mol. The third-order valence-corrected chi connectivity index (χ3v) is 3.42. The Bertz CT molecular complexity index is 531. The minimum atomic E-state index is -0.894. The number of carbonyl (C=O) groups excluding carboxylic acids is 1. The SMILES string of the molecule is O=C(O)CCN1CC2COc3ccccc3N2C1=O. The van der Waals surface area contributed by atoms with E-state index in [9.17, 15) is 9.59 Å². The van der Waals surface area contributed by atoms with E-state index in [1.165, 1.54) is 0 Å². The second-order valence-corrected chi connectivity index (χ2v) is 4.67. The van der Waals surface area contributed by atoms with Crippen molar-refractivity contribution < 1.29 is 19.4 Å². The van der Waals surface area contributed by atoms with E-state index in [0.29, 0.717) is 18.9 Å². The Morgan fingerprint density at radius 1 is 1.42 bits per heavy atom. The zero-order valence-electron chi connectivity index (χ0n) is 10.3. The lowest BCUT2D eigenvalue weighted by Crippen LogP contribution is -2.41. The number of carboxylic acid groups (broad SMARTS) is 1. The first kappa shape index (κ1) is 11.8. The fourth-order valence-corrected chi connectivity index (χ4v) is 2.53. The summed E-state index contributed by atoms with van der Waals surface area (Å²) < 4.78 is 5.62. The van der Waals surface area contributed by atoms with Crippen LogP contribution in [0.25, 0.3) is 0 Å². The van der Waals surface area contributed by atoms with Crippen LogP contribution in [0.2, 0.25) is 0 Å². The number of anilines is 1. The van der Waals surface area contributed by atoms with Crippen molar-refractivity contribution in [1.82, 2.24) is 4.90 Å². The summed E-state index contributed by atoms with van der Waals surface area (Å²) >= 11 is 0. The zero-order valence-corrected chi connectivity index (χ0v) is 10.3. The van der Waals surface area contributed by atoms with Gasteiger partial charge in [0.15, 0.2) is 0 Å². The lowest BCUT2D eigenvalue weighted by Gasteiger charge is -2.30. The van der Waals surface area contributed by atoms with E-state index in [1.807, 2.05) is 24.3 Å². The van der Waals surface area contributed by atoms with Crippen molar-refractivity contribution in [2.24, 2.45) is 0 Å². The zero-order chi connectivity index (χ0) is 13.4. The molecule has 0 aliphatic carbocycles. The number of nitrogens with zero attached hydrogens (tertiary/aromatic N) is 2. The Morgan fingerprint density at radius 3 is 3.00 bits per heavy atom. The van der Waals surface area contributed by atoms with Gasteiger partial charge in [-0.15, -0.1) is 0 Å². The van der Waals surface area contributed by atoms with Gasteiger partial charge in [0.2, 0.25) is 0 Å². The van der Waals surface area contributed by atoms with Crippen molar-refractivity contribution in [3.8, 4) is 5.75 Å². The summed E-state index contributed by atoms with van der Waals surface area (Å²) in [6.45, 7) is 1.20. The monoisotopic (exact) mass is 262 g/mol. The molecule has 1 unspecified atom stereocenters. The summed E-state index contributed by atoms with van der Waals surface area (Å²) in [5.41, 5.74) is 0.765. The number of rotatable bonds is 3. The first-order chi connectivity index (χ1) is 9.16. The second kappa shape index (κ2) is 4.46. The third-order valence-electron chi connectivity index (χ3n) is 3.42. The number of para-hydroxylation sites is 2. The van der Waals surface area contributed by atoms with E-state index in [2.05, 4.69) is 0 Å². The smallest absolute Gasteiger partial charge is 0.325 e. The van der Waals surface area contributed by atoms with Gasteiger partial charge in [0.25, 0.3) is 0 Å². The summed E-state index contributed by atoms with van der Waals surface area (Å²) in [6.07, 6.45) is -0.0329. The van der Waals surface area contributed by atoms with Gasteiger partial charge >= 0.3 is 12.0 Å². The van der Waals surface area contributed by atoms with Crippen molar-refractivity contribution in [2.45, 2.75) is 12.5 Å². The number of carboxylic acids is 1. The van der Waals surface area contributed by atoms with E-state index in [4.69, 9.17) is 9.84 Å². The lowest BCUT2D eigenvalue weighted by molar-refractivity contribution is -0.137. The number of carbonyl (C=O) groups is 2. The number of fused-ring (bicyclic) bond motifs is 3. The number of hydrogen-bond acceptors (Lipinski definition) is 3. The number of hydrogen-bond donors (Lipinski definition) is 1. The maximum atomic E-state index is 12.3. The average Bonchev–Trinajstić information content (AvgIpc) is 2.73. The molecular weight excluding hydrogens is 248 g/mol. The van der Waals surface area contributed by atoms with Crippen LogP contribution in [0.3, 0.4) is 0 Å². The predicted molar refractivity (Wildman–Crippen MR) is 67.4 cm³/mol. The molecule has 1 fully saturated rings. The highest BCUT2D eigenvalue weighted by molar-refractivity contribution is 5.97. The van der Waals surface area contributed by atoms with Crippen LogP contribution in [0.4, 0.5) is 10.5 Å². The largest absolute Gasteiger partial charge is 0.489 e. The van der Waals surface area contributed by atoms with Crippen LogP contribution in [-0.4, -0.2) is 47.7 Å². The maximum absolute atomic E-state index is 12.3. The molecule has 2 aliphatic rings. The Kier molecular flexibility index (Phi) is 2.77. The summed E-state index contributed by atoms with van der Waals surface area (Å²) in [4.78, 5) is 26.2. The van der Waals surface area contributed by atoms with Crippen LogP contribution >= 0.6 is 0 Å². The molecule has 2 amide bonds. The van der Waals surface area contributed by atoms with Gasteiger partial charge in [-0.25, -0.2) is 4.79 Å². The van der Waals surface area contributed by atoms with Crippen molar-refractivity contribution in [3.05, 3.63) is 24.3 Å². The number of benzene rings is 1. The van der Waals surface area contributed by atoms with Crippen LogP contribution in [0.5, 0.6) is 5.75 Å². The molecule has 0 spiro atoms. The Labute approximate surface area is 110 Å². The number of ether oxygens (including phenoxy) is 1. The molecule has 6 nitrogen and oxygen atoms in total. The molecular formula is C13H14N2O4. The molecule has 2 aliphatic heterocycles. The molecule has 0 saturated carbocycles.